The molecule has 0 aliphatic rings. The number of amides is 1. The van der Waals surface area contributed by atoms with Gasteiger partial charge in [-0.15, -0.1) is 11.3 Å². The number of nitrogens with zero attached hydrogens (tertiary/aromatic N) is 1. The molecule has 21 heavy (non-hydrogen) atoms. The first-order chi connectivity index (χ1) is 9.75. The lowest BCUT2D eigenvalue weighted by Gasteiger charge is -2.11. The molecular weight excluding hydrogens is 416 g/mol. The summed E-state index contributed by atoms with van der Waals surface area (Å²) in [7, 11) is 0. The van der Waals surface area contributed by atoms with E-state index in [2.05, 4.69) is 10.3 Å². The largest absolute Gasteiger partial charge is 0.416 e. The summed E-state index contributed by atoms with van der Waals surface area (Å²) < 4.78 is 38.5. The summed E-state index contributed by atoms with van der Waals surface area (Å²) in [6.07, 6.45) is -4.40. The van der Waals surface area contributed by atoms with Crippen molar-refractivity contribution in [2.24, 2.45) is 0 Å². The maximum Gasteiger partial charge on any atom is 0.416 e. The molecule has 0 saturated carbocycles. The van der Waals surface area contributed by atoms with E-state index in [0.29, 0.717) is 9.26 Å². The standard InChI is InChI=1S/C13H10F3IN2OS/c1-7-18-9(6-21-7)5-12(20)19-11-4-8(13(14,15)16)2-3-10(11)17/h2-4,6H,5H2,1H3,(H,19,20). The number of rotatable bonds is 3. The topological polar surface area (TPSA) is 42.0 Å². The predicted octanol–water partition coefficient (Wildman–Crippen LogP) is 4.26. The lowest BCUT2D eigenvalue weighted by Crippen LogP contribution is -2.16. The highest BCUT2D eigenvalue weighted by Crippen LogP contribution is 2.32. The van der Waals surface area contributed by atoms with Crippen LogP contribution in [0.15, 0.2) is 23.6 Å². The van der Waals surface area contributed by atoms with E-state index in [-0.39, 0.29) is 12.1 Å². The van der Waals surface area contributed by atoms with Gasteiger partial charge in [0.1, 0.15) is 0 Å². The summed E-state index contributed by atoms with van der Waals surface area (Å²) >= 11 is 3.30. The molecule has 0 radical (unpaired) electrons. The molecule has 0 atom stereocenters. The average molecular weight is 426 g/mol. The maximum atomic E-state index is 12.7. The molecule has 1 N–H and O–H groups in total. The quantitative estimate of drug-likeness (QED) is 0.746. The van der Waals surface area contributed by atoms with Gasteiger partial charge in [-0.3, -0.25) is 4.79 Å². The van der Waals surface area contributed by atoms with Crippen LogP contribution >= 0.6 is 33.9 Å². The van der Waals surface area contributed by atoms with Gasteiger partial charge in [0.2, 0.25) is 5.91 Å². The average Bonchev–Trinajstić information content (AvgIpc) is 2.76. The van der Waals surface area contributed by atoms with Crippen LogP contribution in [0.25, 0.3) is 0 Å². The van der Waals surface area contributed by atoms with Crippen molar-refractivity contribution in [3.05, 3.63) is 43.4 Å². The molecule has 2 aromatic rings. The molecule has 1 heterocycles. The fourth-order valence-electron chi connectivity index (χ4n) is 1.65. The lowest BCUT2D eigenvalue weighted by atomic mass is 10.2. The van der Waals surface area contributed by atoms with Crippen LogP contribution in [0.5, 0.6) is 0 Å². The van der Waals surface area contributed by atoms with Crippen LogP contribution < -0.4 is 5.32 Å². The number of aromatic nitrogens is 1. The fraction of sp³-hybridized carbons (Fsp3) is 0.231. The number of nitrogens with one attached hydrogen (secondary N) is 1. The zero-order valence-electron chi connectivity index (χ0n) is 10.8. The van der Waals surface area contributed by atoms with Crippen LogP contribution in [0.1, 0.15) is 16.3 Å². The van der Waals surface area contributed by atoms with E-state index in [9.17, 15) is 18.0 Å². The van der Waals surface area contributed by atoms with Gasteiger partial charge >= 0.3 is 6.18 Å². The van der Waals surface area contributed by atoms with E-state index in [0.717, 1.165) is 17.1 Å². The Morgan fingerprint density at radius 2 is 2.14 bits per heavy atom. The van der Waals surface area contributed by atoms with Crippen molar-refractivity contribution in [2.45, 2.75) is 19.5 Å². The summed E-state index contributed by atoms with van der Waals surface area (Å²) in [6.45, 7) is 1.82. The van der Waals surface area contributed by atoms with Crippen LogP contribution in [0.3, 0.4) is 0 Å². The third-order valence-corrected chi connectivity index (χ3v) is 4.34. The van der Waals surface area contributed by atoms with Gasteiger partial charge in [0, 0.05) is 8.95 Å². The van der Waals surface area contributed by atoms with Crippen molar-refractivity contribution < 1.29 is 18.0 Å². The van der Waals surface area contributed by atoms with Crippen molar-refractivity contribution >= 4 is 45.5 Å². The molecule has 1 aromatic carbocycles. The van der Waals surface area contributed by atoms with Crippen molar-refractivity contribution in [2.75, 3.05) is 5.32 Å². The third-order valence-electron chi connectivity index (χ3n) is 2.58. The molecule has 2 rings (SSSR count). The Morgan fingerprint density at radius 3 is 2.71 bits per heavy atom. The number of hydrogen-bond acceptors (Lipinski definition) is 3. The molecule has 112 valence electrons. The van der Waals surface area contributed by atoms with E-state index in [1.165, 1.54) is 17.4 Å². The zero-order chi connectivity index (χ0) is 15.6. The Labute approximate surface area is 136 Å². The van der Waals surface area contributed by atoms with Gasteiger partial charge in [-0.2, -0.15) is 13.2 Å². The van der Waals surface area contributed by atoms with Crippen LogP contribution in [0.4, 0.5) is 18.9 Å². The van der Waals surface area contributed by atoms with E-state index in [4.69, 9.17) is 0 Å². The van der Waals surface area contributed by atoms with Crippen molar-refractivity contribution in [3.63, 3.8) is 0 Å². The molecule has 0 fully saturated rings. The Hall–Kier alpha value is -1.16. The predicted molar refractivity (Wildman–Crippen MR) is 83.3 cm³/mol. The Kier molecular flexibility index (Phi) is 4.87. The number of carbonyl (C=O) groups is 1. The van der Waals surface area contributed by atoms with E-state index < -0.39 is 17.6 Å². The van der Waals surface area contributed by atoms with Crippen molar-refractivity contribution in [1.29, 1.82) is 0 Å². The van der Waals surface area contributed by atoms with Crippen LogP contribution in [0, 0.1) is 10.5 Å². The molecule has 0 aliphatic carbocycles. The molecule has 1 amide bonds. The smallest absolute Gasteiger partial charge is 0.325 e. The lowest BCUT2D eigenvalue weighted by molar-refractivity contribution is -0.137. The summed E-state index contributed by atoms with van der Waals surface area (Å²) in [5, 5.41) is 5.09. The van der Waals surface area contributed by atoms with Crippen molar-refractivity contribution in [3.8, 4) is 0 Å². The Bertz CT molecular complexity index is 670. The van der Waals surface area contributed by atoms with Crippen LogP contribution in [-0.2, 0) is 17.4 Å². The normalized spacial score (nSPS) is 11.5. The van der Waals surface area contributed by atoms with Crippen LogP contribution in [0.2, 0.25) is 0 Å². The first-order valence-corrected chi connectivity index (χ1v) is 7.79. The number of benzene rings is 1. The highest BCUT2D eigenvalue weighted by Gasteiger charge is 2.31. The maximum absolute atomic E-state index is 12.7. The number of carbonyl (C=O) groups excluding carboxylic acids is 1. The second-order valence-corrected chi connectivity index (χ2v) is 6.50. The molecule has 0 spiro atoms. The second-order valence-electron chi connectivity index (χ2n) is 4.28. The fourth-order valence-corrected chi connectivity index (χ4v) is 2.73. The third kappa shape index (κ3) is 4.40. The molecular formula is C13H10F3IN2OS. The minimum absolute atomic E-state index is 0.0384. The highest BCUT2D eigenvalue weighted by atomic mass is 127. The number of aryl methyl sites for hydroxylation is 1. The minimum atomic E-state index is -4.43. The van der Waals surface area contributed by atoms with Gasteiger partial charge in [-0.05, 0) is 47.7 Å². The zero-order valence-corrected chi connectivity index (χ0v) is 13.8. The SMILES string of the molecule is Cc1nc(CC(=O)Nc2cc(C(F)(F)F)ccc2I)cs1. The van der Waals surface area contributed by atoms with Gasteiger partial charge in [0.15, 0.2) is 0 Å². The van der Waals surface area contributed by atoms with Crippen LogP contribution in [-0.4, -0.2) is 10.9 Å². The summed E-state index contributed by atoms with van der Waals surface area (Å²) in [6, 6.07) is 3.25. The Morgan fingerprint density at radius 1 is 1.43 bits per heavy atom. The highest BCUT2D eigenvalue weighted by molar-refractivity contribution is 14.1. The minimum Gasteiger partial charge on any atom is -0.325 e. The summed E-state index contributed by atoms with van der Waals surface area (Å²) in [4.78, 5) is 16.0. The van der Waals surface area contributed by atoms with Gasteiger partial charge in [-0.25, -0.2) is 4.98 Å². The second kappa shape index (κ2) is 6.30. The summed E-state index contributed by atoms with van der Waals surface area (Å²) in [5.41, 5.74) is -0.0259. The van der Waals surface area contributed by atoms with Gasteiger partial charge < -0.3 is 5.32 Å². The summed E-state index contributed by atoms with van der Waals surface area (Å²) in [5.74, 6) is -0.391. The van der Waals surface area contributed by atoms with E-state index in [1.807, 2.05) is 29.5 Å². The molecule has 3 nitrogen and oxygen atoms in total. The molecule has 8 heteroatoms. The first-order valence-electron chi connectivity index (χ1n) is 5.83. The molecule has 0 saturated heterocycles. The molecule has 0 aliphatic heterocycles. The van der Waals surface area contributed by atoms with E-state index in [1.54, 1.807) is 5.38 Å². The Balaban J connectivity index is 2.13. The van der Waals surface area contributed by atoms with Gasteiger partial charge in [0.05, 0.1) is 28.4 Å². The first kappa shape index (κ1) is 16.2. The molecule has 0 bridgehead atoms. The number of hydrogen-bond donors (Lipinski definition) is 1. The monoisotopic (exact) mass is 426 g/mol. The number of anilines is 1. The van der Waals surface area contributed by atoms with Gasteiger partial charge in [0.25, 0.3) is 0 Å². The number of alkyl halides is 3. The van der Waals surface area contributed by atoms with Gasteiger partial charge in [-0.1, -0.05) is 0 Å². The number of halogens is 4. The molecule has 1 aromatic heterocycles. The van der Waals surface area contributed by atoms with E-state index >= 15 is 0 Å². The number of thiazole rings is 1. The molecule has 0 unspecified atom stereocenters. The van der Waals surface area contributed by atoms with Crippen molar-refractivity contribution in [1.82, 2.24) is 4.98 Å².